The van der Waals surface area contributed by atoms with Crippen molar-refractivity contribution in [1.29, 1.82) is 0 Å². The van der Waals surface area contributed by atoms with Gasteiger partial charge in [-0.1, -0.05) is 24.3 Å². The predicted octanol–water partition coefficient (Wildman–Crippen LogP) is 2.91. The smallest absolute Gasteiger partial charge is 0.258 e. The van der Waals surface area contributed by atoms with Gasteiger partial charge in [0, 0.05) is 36.8 Å². The van der Waals surface area contributed by atoms with Crippen LogP contribution < -0.4 is 10.9 Å². The largest absolute Gasteiger partial charge is 0.383 e. The summed E-state index contributed by atoms with van der Waals surface area (Å²) in [6.07, 6.45) is 6.24. The average Bonchev–Trinajstić information content (AvgIpc) is 3.25. The van der Waals surface area contributed by atoms with E-state index in [9.17, 15) is 9.59 Å². The number of pyridine rings is 2. The van der Waals surface area contributed by atoms with Crippen LogP contribution in [0.5, 0.6) is 0 Å². The molecule has 3 heterocycles. The van der Waals surface area contributed by atoms with Crippen LogP contribution in [-0.4, -0.2) is 50.8 Å². The maximum absolute atomic E-state index is 13.5. The number of aromatic nitrogens is 4. The topological polar surface area (TPSA) is 90.5 Å². The minimum atomic E-state index is -0.328. The number of rotatable bonds is 9. The summed E-state index contributed by atoms with van der Waals surface area (Å²) in [4.78, 5) is 26.3. The van der Waals surface area contributed by atoms with Crippen molar-refractivity contribution in [1.82, 2.24) is 24.5 Å². The van der Waals surface area contributed by atoms with Crippen LogP contribution in [0, 0.1) is 0 Å². The first-order valence-corrected chi connectivity index (χ1v) is 11.7. The zero-order valence-corrected chi connectivity index (χ0v) is 18.8. The number of amides is 1. The van der Waals surface area contributed by atoms with E-state index in [1.807, 2.05) is 41.1 Å². The van der Waals surface area contributed by atoms with Crippen LogP contribution in [0.4, 0.5) is 0 Å². The maximum atomic E-state index is 13.5. The third-order valence-electron chi connectivity index (χ3n) is 5.34. The molecule has 1 N–H and O–H groups in total. The molecule has 1 atom stereocenters. The molecule has 1 amide bonds. The number of hydrogen-bond donors (Lipinski definition) is 1. The summed E-state index contributed by atoms with van der Waals surface area (Å²) in [5.41, 5.74) is 1.03. The van der Waals surface area contributed by atoms with Crippen molar-refractivity contribution < 1.29 is 9.53 Å². The summed E-state index contributed by atoms with van der Waals surface area (Å²) in [5.74, 6) is 1.27. The molecule has 1 unspecified atom stereocenters. The van der Waals surface area contributed by atoms with Crippen molar-refractivity contribution in [3.05, 3.63) is 76.6 Å². The van der Waals surface area contributed by atoms with Crippen LogP contribution in [0.25, 0.3) is 16.4 Å². The summed E-state index contributed by atoms with van der Waals surface area (Å²) in [6, 6.07) is 12.5. The van der Waals surface area contributed by atoms with Gasteiger partial charge in [0.2, 0.25) is 0 Å². The molecular formula is C23H25N5O3S. The number of thioether (sulfide) groups is 1. The zero-order chi connectivity index (χ0) is 22.5. The van der Waals surface area contributed by atoms with Gasteiger partial charge in [-0.05, 0) is 36.6 Å². The maximum Gasteiger partial charge on any atom is 0.258 e. The predicted molar refractivity (Wildman–Crippen MR) is 126 cm³/mol. The van der Waals surface area contributed by atoms with E-state index < -0.39 is 0 Å². The summed E-state index contributed by atoms with van der Waals surface area (Å²) >= 11 is 1.70. The Kier molecular flexibility index (Phi) is 6.87. The number of nitrogens with one attached hydrogen (secondary N) is 1. The Morgan fingerprint density at radius 1 is 1.16 bits per heavy atom. The van der Waals surface area contributed by atoms with Crippen LogP contribution in [0.3, 0.4) is 0 Å². The van der Waals surface area contributed by atoms with Gasteiger partial charge in [-0.3, -0.25) is 14.0 Å². The Balaban J connectivity index is 1.73. The molecule has 166 valence electrons. The number of ether oxygens (including phenoxy) is 1. The molecule has 32 heavy (non-hydrogen) atoms. The fourth-order valence-electron chi connectivity index (χ4n) is 3.71. The quantitative estimate of drug-likeness (QED) is 0.421. The second kappa shape index (κ2) is 9.97. The van der Waals surface area contributed by atoms with Gasteiger partial charge in [0.05, 0.1) is 18.2 Å². The minimum absolute atomic E-state index is 0.142. The molecule has 0 saturated carbocycles. The van der Waals surface area contributed by atoms with E-state index in [1.54, 1.807) is 43.3 Å². The van der Waals surface area contributed by atoms with Crippen molar-refractivity contribution in [2.75, 3.05) is 25.7 Å². The lowest BCUT2D eigenvalue weighted by Gasteiger charge is -2.18. The third-order valence-corrected chi connectivity index (χ3v) is 5.99. The molecule has 9 heteroatoms. The number of carbonyl (C=O) groups is 1. The van der Waals surface area contributed by atoms with E-state index in [1.165, 1.54) is 4.57 Å². The number of methoxy groups -OCH3 is 1. The Morgan fingerprint density at radius 3 is 2.72 bits per heavy atom. The number of nitrogens with zero attached hydrogens (tertiary/aromatic N) is 4. The zero-order valence-electron chi connectivity index (χ0n) is 18.0. The van der Waals surface area contributed by atoms with E-state index in [0.29, 0.717) is 41.7 Å². The molecular weight excluding hydrogens is 426 g/mol. The SMILES string of the molecule is COCCn1cc(C(=O)NC(CCSC)c2nnc3ccccn23)c2ccccc2c1=O. The van der Waals surface area contributed by atoms with Crippen molar-refractivity contribution in [3.63, 3.8) is 0 Å². The summed E-state index contributed by atoms with van der Waals surface area (Å²) in [5, 5.41) is 12.8. The van der Waals surface area contributed by atoms with Crippen LogP contribution in [0.1, 0.15) is 28.6 Å². The highest BCUT2D eigenvalue weighted by Gasteiger charge is 2.23. The van der Waals surface area contributed by atoms with Gasteiger partial charge >= 0.3 is 0 Å². The van der Waals surface area contributed by atoms with Crippen LogP contribution in [-0.2, 0) is 11.3 Å². The minimum Gasteiger partial charge on any atom is -0.383 e. The molecule has 0 bridgehead atoms. The van der Waals surface area contributed by atoms with Crippen molar-refractivity contribution in [3.8, 4) is 0 Å². The molecule has 0 saturated heterocycles. The van der Waals surface area contributed by atoms with Crippen LogP contribution >= 0.6 is 11.8 Å². The number of benzene rings is 1. The number of fused-ring (bicyclic) bond motifs is 2. The molecule has 3 aromatic heterocycles. The Labute approximate surface area is 189 Å². The van der Waals surface area contributed by atoms with E-state index in [-0.39, 0.29) is 17.5 Å². The highest BCUT2D eigenvalue weighted by Crippen LogP contribution is 2.21. The molecule has 0 aliphatic heterocycles. The molecule has 0 spiro atoms. The van der Waals surface area contributed by atoms with Crippen molar-refractivity contribution in [2.24, 2.45) is 0 Å². The number of hydrogen-bond acceptors (Lipinski definition) is 6. The van der Waals surface area contributed by atoms with Gasteiger partial charge < -0.3 is 14.6 Å². The van der Waals surface area contributed by atoms with Gasteiger partial charge in [0.25, 0.3) is 11.5 Å². The Morgan fingerprint density at radius 2 is 1.94 bits per heavy atom. The molecule has 0 fully saturated rings. The van der Waals surface area contributed by atoms with E-state index in [4.69, 9.17) is 4.74 Å². The molecule has 0 aliphatic carbocycles. The molecule has 4 rings (SSSR count). The van der Waals surface area contributed by atoms with Gasteiger partial charge in [-0.2, -0.15) is 11.8 Å². The Hall–Kier alpha value is -3.17. The van der Waals surface area contributed by atoms with Gasteiger partial charge in [0.15, 0.2) is 11.5 Å². The lowest BCUT2D eigenvalue weighted by Crippen LogP contribution is -2.32. The second-order valence-electron chi connectivity index (χ2n) is 7.37. The standard InChI is InChI=1S/C23H25N5O3S/c1-31-13-12-27-15-18(16-7-3-4-8-17(16)23(27)30)22(29)24-19(10-14-32-2)21-26-25-20-9-5-6-11-28(20)21/h3-9,11,15,19H,10,12-14H2,1-2H3,(H,24,29). The first kappa shape index (κ1) is 22.0. The van der Waals surface area contributed by atoms with Crippen molar-refractivity contribution >= 4 is 34.1 Å². The first-order chi connectivity index (χ1) is 15.6. The molecule has 4 aromatic rings. The summed E-state index contributed by atoms with van der Waals surface area (Å²) in [6.45, 7) is 0.743. The normalized spacial score (nSPS) is 12.3. The fourth-order valence-corrected chi connectivity index (χ4v) is 4.19. The fraction of sp³-hybridized carbons (Fsp3) is 0.304. The molecule has 0 aliphatic rings. The second-order valence-corrected chi connectivity index (χ2v) is 8.36. The first-order valence-electron chi connectivity index (χ1n) is 10.3. The summed E-state index contributed by atoms with van der Waals surface area (Å²) in [7, 11) is 1.58. The van der Waals surface area contributed by atoms with E-state index in [0.717, 1.165) is 11.4 Å². The average molecular weight is 452 g/mol. The highest BCUT2D eigenvalue weighted by molar-refractivity contribution is 7.98. The van der Waals surface area contributed by atoms with Crippen molar-refractivity contribution in [2.45, 2.75) is 19.0 Å². The monoisotopic (exact) mass is 451 g/mol. The van der Waals surface area contributed by atoms with E-state index >= 15 is 0 Å². The van der Waals surface area contributed by atoms with Gasteiger partial charge in [-0.25, -0.2) is 0 Å². The molecule has 8 nitrogen and oxygen atoms in total. The Bertz CT molecular complexity index is 1300. The molecule has 0 radical (unpaired) electrons. The van der Waals surface area contributed by atoms with E-state index in [2.05, 4.69) is 15.5 Å². The lowest BCUT2D eigenvalue weighted by atomic mass is 10.1. The number of carbonyl (C=O) groups excluding carboxylic acids is 1. The van der Waals surface area contributed by atoms with Crippen LogP contribution in [0.2, 0.25) is 0 Å². The summed E-state index contributed by atoms with van der Waals surface area (Å²) < 4.78 is 8.55. The third kappa shape index (κ3) is 4.39. The van der Waals surface area contributed by atoms with Gasteiger partial charge in [-0.15, -0.1) is 10.2 Å². The molecule has 1 aromatic carbocycles. The highest BCUT2D eigenvalue weighted by atomic mass is 32.2. The van der Waals surface area contributed by atoms with Crippen LogP contribution in [0.15, 0.2) is 59.7 Å². The van der Waals surface area contributed by atoms with Gasteiger partial charge in [0.1, 0.15) is 0 Å². The lowest BCUT2D eigenvalue weighted by molar-refractivity contribution is 0.0934.